The Hall–Kier alpha value is -2.70. The van der Waals surface area contributed by atoms with Gasteiger partial charge in [-0.05, 0) is 66.1 Å². The molecular formula is C21H18FN3OS. The molecule has 3 aromatic rings. The summed E-state index contributed by atoms with van der Waals surface area (Å²) in [5.74, 6) is 0.587. The van der Waals surface area contributed by atoms with Gasteiger partial charge in [0.05, 0.1) is 11.4 Å². The molecule has 1 aliphatic heterocycles. The summed E-state index contributed by atoms with van der Waals surface area (Å²) >= 11 is -1.02. The Balaban J connectivity index is 1.78. The normalized spacial score (nSPS) is 17.2. The second-order valence-electron chi connectivity index (χ2n) is 6.35. The quantitative estimate of drug-likeness (QED) is 0.668. The summed E-state index contributed by atoms with van der Waals surface area (Å²) in [5.41, 5.74) is 3.55. The van der Waals surface area contributed by atoms with E-state index in [-0.39, 0.29) is 11.7 Å². The zero-order chi connectivity index (χ0) is 18.8. The molecule has 0 radical (unpaired) electrons. The van der Waals surface area contributed by atoms with Crippen LogP contribution in [0, 0.1) is 5.82 Å². The SMILES string of the molecule is C[S+]([O-])c1ccc(-c2nc(-c3ccc(F)cc3)c(C3C=CN=CC3)[nH]2)cc1. The highest BCUT2D eigenvalue weighted by Crippen LogP contribution is 2.33. The van der Waals surface area contributed by atoms with Crippen molar-refractivity contribution in [2.75, 3.05) is 6.26 Å². The van der Waals surface area contributed by atoms with E-state index in [0.29, 0.717) is 0 Å². The maximum absolute atomic E-state index is 13.3. The van der Waals surface area contributed by atoms with Gasteiger partial charge in [-0.1, -0.05) is 6.08 Å². The first-order valence-corrected chi connectivity index (χ1v) is 10.2. The molecule has 1 aliphatic rings. The Kier molecular flexibility index (Phi) is 4.92. The number of nitrogens with one attached hydrogen (secondary N) is 1. The number of rotatable bonds is 4. The summed E-state index contributed by atoms with van der Waals surface area (Å²) in [6.07, 6.45) is 8.14. The number of hydrogen-bond acceptors (Lipinski definition) is 3. The van der Waals surface area contributed by atoms with Gasteiger partial charge in [-0.15, -0.1) is 0 Å². The van der Waals surface area contributed by atoms with Crippen LogP contribution in [0.25, 0.3) is 22.6 Å². The van der Waals surface area contributed by atoms with Gasteiger partial charge in [0, 0.05) is 29.5 Å². The number of benzene rings is 2. The predicted molar refractivity (Wildman–Crippen MR) is 107 cm³/mol. The summed E-state index contributed by atoms with van der Waals surface area (Å²) in [4.78, 5) is 13.1. The Morgan fingerprint density at radius 3 is 2.41 bits per heavy atom. The Bertz CT molecular complexity index is 991. The molecule has 0 amide bonds. The first-order valence-electron chi connectivity index (χ1n) is 8.60. The lowest BCUT2D eigenvalue weighted by Gasteiger charge is -2.12. The fourth-order valence-electron chi connectivity index (χ4n) is 3.11. The standard InChI is InChI=1S/C21H18FN3OS/c1-27(26)18-8-4-16(5-9-18)21-24-19(14-2-6-17(22)7-3-14)20(25-21)15-10-12-23-13-11-15/h2-10,12-13,15H,11H2,1H3,(H,24,25). The number of aromatic amines is 1. The topological polar surface area (TPSA) is 64.1 Å². The van der Waals surface area contributed by atoms with E-state index in [1.165, 1.54) is 12.1 Å². The van der Waals surface area contributed by atoms with Gasteiger partial charge >= 0.3 is 0 Å². The second kappa shape index (κ2) is 7.50. The first kappa shape index (κ1) is 17.7. The van der Waals surface area contributed by atoms with Gasteiger partial charge in [-0.3, -0.25) is 4.99 Å². The third kappa shape index (κ3) is 3.72. The van der Waals surface area contributed by atoms with E-state index in [9.17, 15) is 8.94 Å². The van der Waals surface area contributed by atoms with E-state index >= 15 is 0 Å². The van der Waals surface area contributed by atoms with Crippen LogP contribution in [0.5, 0.6) is 0 Å². The van der Waals surface area contributed by atoms with Crippen molar-refractivity contribution in [1.82, 2.24) is 9.97 Å². The van der Waals surface area contributed by atoms with Gasteiger partial charge in [-0.2, -0.15) is 0 Å². The van der Waals surface area contributed by atoms with Crippen molar-refractivity contribution in [3.8, 4) is 22.6 Å². The van der Waals surface area contributed by atoms with E-state index in [1.807, 2.05) is 36.6 Å². The van der Waals surface area contributed by atoms with Crippen molar-refractivity contribution in [3.63, 3.8) is 0 Å². The van der Waals surface area contributed by atoms with Gasteiger partial charge in [0.2, 0.25) is 0 Å². The Morgan fingerprint density at radius 2 is 1.78 bits per heavy atom. The third-order valence-electron chi connectivity index (χ3n) is 4.55. The van der Waals surface area contributed by atoms with Crippen molar-refractivity contribution in [1.29, 1.82) is 0 Å². The zero-order valence-electron chi connectivity index (χ0n) is 14.7. The molecule has 6 heteroatoms. The van der Waals surface area contributed by atoms with Crippen LogP contribution >= 0.6 is 0 Å². The molecule has 4 rings (SSSR count). The predicted octanol–water partition coefficient (Wildman–Crippen LogP) is 4.69. The number of halogens is 1. The summed E-state index contributed by atoms with van der Waals surface area (Å²) in [6.45, 7) is 0. The highest BCUT2D eigenvalue weighted by atomic mass is 32.2. The largest absolute Gasteiger partial charge is 0.612 e. The lowest BCUT2D eigenvalue weighted by atomic mass is 9.96. The first-order chi connectivity index (χ1) is 13.1. The highest BCUT2D eigenvalue weighted by molar-refractivity contribution is 7.90. The number of imidazole rings is 1. The minimum Gasteiger partial charge on any atom is -0.612 e. The lowest BCUT2D eigenvalue weighted by Crippen LogP contribution is -2.01. The minimum atomic E-state index is -1.02. The molecule has 2 unspecified atom stereocenters. The van der Waals surface area contributed by atoms with Crippen molar-refractivity contribution in [2.24, 2.45) is 4.99 Å². The molecule has 2 heterocycles. The Morgan fingerprint density at radius 1 is 1.07 bits per heavy atom. The van der Waals surface area contributed by atoms with Crippen LogP contribution < -0.4 is 0 Å². The van der Waals surface area contributed by atoms with E-state index in [1.54, 1.807) is 24.6 Å². The van der Waals surface area contributed by atoms with Crippen molar-refractivity contribution in [2.45, 2.75) is 17.2 Å². The van der Waals surface area contributed by atoms with Gasteiger partial charge in [0.1, 0.15) is 17.9 Å². The molecule has 0 saturated carbocycles. The van der Waals surface area contributed by atoms with Crippen LogP contribution in [0.4, 0.5) is 4.39 Å². The third-order valence-corrected chi connectivity index (χ3v) is 5.49. The van der Waals surface area contributed by atoms with Crippen LogP contribution in [-0.2, 0) is 11.2 Å². The van der Waals surface area contributed by atoms with Crippen molar-refractivity contribution in [3.05, 3.63) is 72.3 Å². The van der Waals surface area contributed by atoms with Crippen LogP contribution in [0.3, 0.4) is 0 Å². The second-order valence-corrected chi connectivity index (χ2v) is 7.73. The number of allylic oxidation sites excluding steroid dienone is 1. The van der Waals surface area contributed by atoms with E-state index in [2.05, 4.69) is 9.98 Å². The van der Waals surface area contributed by atoms with Gasteiger partial charge in [0.25, 0.3) is 0 Å². The molecule has 0 fully saturated rings. The number of aromatic nitrogens is 2. The van der Waals surface area contributed by atoms with Gasteiger partial charge in [-0.25, -0.2) is 9.37 Å². The molecule has 0 bridgehead atoms. The smallest absolute Gasteiger partial charge is 0.152 e. The zero-order valence-corrected chi connectivity index (χ0v) is 15.5. The fourth-order valence-corrected chi connectivity index (χ4v) is 3.62. The average molecular weight is 379 g/mol. The average Bonchev–Trinajstić information content (AvgIpc) is 3.15. The number of nitrogens with zero attached hydrogens (tertiary/aromatic N) is 2. The van der Waals surface area contributed by atoms with Gasteiger partial charge in [0.15, 0.2) is 4.90 Å². The molecule has 1 aromatic heterocycles. The summed E-state index contributed by atoms with van der Waals surface area (Å²) in [7, 11) is 0. The van der Waals surface area contributed by atoms with Crippen LogP contribution in [0.15, 0.2) is 70.7 Å². The molecule has 27 heavy (non-hydrogen) atoms. The van der Waals surface area contributed by atoms with E-state index in [0.717, 1.165) is 39.7 Å². The van der Waals surface area contributed by atoms with Crippen molar-refractivity contribution >= 4 is 17.4 Å². The lowest BCUT2D eigenvalue weighted by molar-refractivity contribution is 0.601. The summed E-state index contributed by atoms with van der Waals surface area (Å²) in [6, 6.07) is 13.9. The summed E-state index contributed by atoms with van der Waals surface area (Å²) in [5, 5.41) is 0. The molecule has 0 saturated heterocycles. The number of aliphatic imine (C=N–C) groups is 1. The van der Waals surface area contributed by atoms with Crippen molar-refractivity contribution < 1.29 is 8.94 Å². The number of H-pyrrole nitrogens is 1. The summed E-state index contributed by atoms with van der Waals surface area (Å²) < 4.78 is 25.0. The Labute approximate surface area is 160 Å². The molecule has 2 aromatic carbocycles. The van der Waals surface area contributed by atoms with E-state index < -0.39 is 11.2 Å². The number of hydrogen-bond donors (Lipinski definition) is 1. The van der Waals surface area contributed by atoms with Crippen LogP contribution in [0.1, 0.15) is 18.0 Å². The molecule has 4 nitrogen and oxygen atoms in total. The molecule has 0 spiro atoms. The fraction of sp³-hybridized carbons (Fsp3) is 0.143. The maximum Gasteiger partial charge on any atom is 0.152 e. The molecular weight excluding hydrogens is 361 g/mol. The molecule has 136 valence electrons. The minimum absolute atomic E-state index is 0.131. The maximum atomic E-state index is 13.3. The van der Waals surface area contributed by atoms with E-state index in [4.69, 9.17) is 4.98 Å². The highest BCUT2D eigenvalue weighted by Gasteiger charge is 2.20. The monoisotopic (exact) mass is 379 g/mol. The van der Waals surface area contributed by atoms with Gasteiger partial charge < -0.3 is 9.54 Å². The van der Waals surface area contributed by atoms with Crippen LogP contribution in [0.2, 0.25) is 0 Å². The molecule has 1 N–H and O–H groups in total. The molecule has 2 atom stereocenters. The molecule has 0 aliphatic carbocycles. The van der Waals surface area contributed by atoms with Crippen LogP contribution in [-0.4, -0.2) is 27.0 Å².